The zero-order chi connectivity index (χ0) is 48.9. The normalized spacial score (nSPS) is 15.7. The van der Waals surface area contributed by atoms with Crippen LogP contribution < -0.4 is 20.7 Å². The number of ether oxygens (including phenoxy) is 3. The summed E-state index contributed by atoms with van der Waals surface area (Å²) in [6.45, 7) is 7.88. The van der Waals surface area contributed by atoms with Gasteiger partial charge in [0.2, 0.25) is 17.6 Å². The summed E-state index contributed by atoms with van der Waals surface area (Å²) in [5.74, 6) is -0.186. The highest BCUT2D eigenvalue weighted by Gasteiger charge is 2.40. The third-order valence-electron chi connectivity index (χ3n) is 13.2. The van der Waals surface area contributed by atoms with Crippen molar-refractivity contribution in [1.82, 2.24) is 30.4 Å². The van der Waals surface area contributed by atoms with Crippen molar-refractivity contribution < 1.29 is 33.4 Å². The largest absolute Gasteiger partial charge is 0.468 e. The van der Waals surface area contributed by atoms with Crippen molar-refractivity contribution in [3.05, 3.63) is 128 Å². The Kier molecular flexibility index (Phi) is 17.5. The molecule has 3 atom stereocenters. The molecule has 0 bridgehead atoms. The van der Waals surface area contributed by atoms with Gasteiger partial charge < -0.3 is 39.6 Å². The van der Waals surface area contributed by atoms with Gasteiger partial charge in [-0.05, 0) is 107 Å². The molecule has 0 spiro atoms. The Hall–Kier alpha value is -6.69. The zero-order valence-corrected chi connectivity index (χ0v) is 40.5. The van der Waals surface area contributed by atoms with E-state index in [9.17, 15) is 29.7 Å². The highest BCUT2D eigenvalue weighted by atomic mass is 32.1. The Bertz CT molecular complexity index is 2680. The number of thiazole rings is 1. The molecular formula is C53H60N8O7S. The van der Waals surface area contributed by atoms with Gasteiger partial charge in [-0.2, -0.15) is 10.5 Å². The first-order valence-electron chi connectivity index (χ1n) is 23.6. The molecule has 1 saturated heterocycles. The summed E-state index contributed by atoms with van der Waals surface area (Å²) in [6, 6.07) is 24.6. The number of aromatic nitrogens is 2. The first-order chi connectivity index (χ1) is 33.5. The van der Waals surface area contributed by atoms with Crippen molar-refractivity contribution in [3.63, 3.8) is 0 Å². The van der Waals surface area contributed by atoms with E-state index in [0.717, 1.165) is 73.0 Å². The number of benzene rings is 3. The molecule has 3 heterocycles. The Morgan fingerprint density at radius 1 is 0.870 bits per heavy atom. The van der Waals surface area contributed by atoms with E-state index in [4.69, 9.17) is 19.2 Å². The van der Waals surface area contributed by atoms with Crippen LogP contribution in [-0.4, -0.2) is 96.8 Å². The van der Waals surface area contributed by atoms with Crippen LogP contribution in [0.25, 0.3) is 11.1 Å². The van der Waals surface area contributed by atoms with Crippen molar-refractivity contribution in [3.8, 4) is 29.0 Å². The SMILES string of the molecule is CN[C@@H](C)C(=O)N[C@H](C(=O)N1CCC[C@H]1c1nc(C(=O)c2cccc(OCOCCOCCNC(=O)c3ccc(Cn4c(C)c(C#N)c(-c5ccc(C#N)cc5)c4C)cc3)c2)cs1)C1CCCCC1. The number of hydrogen-bond acceptors (Lipinski definition) is 12. The molecule has 15 nitrogen and oxygen atoms in total. The van der Waals surface area contributed by atoms with E-state index in [1.54, 1.807) is 67.9 Å². The average molecular weight is 953 g/mol. The molecule has 2 aromatic heterocycles. The van der Waals surface area contributed by atoms with Crippen LogP contribution >= 0.6 is 11.3 Å². The smallest absolute Gasteiger partial charge is 0.251 e. The molecule has 3 N–H and O–H groups in total. The van der Waals surface area contributed by atoms with Gasteiger partial charge in [0.1, 0.15) is 28.6 Å². The first-order valence-corrected chi connectivity index (χ1v) is 24.5. The molecule has 2 fully saturated rings. The minimum Gasteiger partial charge on any atom is -0.468 e. The molecule has 0 radical (unpaired) electrons. The second-order valence-electron chi connectivity index (χ2n) is 17.6. The number of likely N-dealkylation sites (N-methyl/N-ethyl adjacent to an activating group) is 1. The molecular weight excluding hydrogens is 893 g/mol. The van der Waals surface area contributed by atoms with Crippen LogP contribution in [0.1, 0.15) is 117 Å². The van der Waals surface area contributed by atoms with Gasteiger partial charge in [0.15, 0.2) is 6.79 Å². The van der Waals surface area contributed by atoms with Crippen LogP contribution in [0.4, 0.5) is 0 Å². The van der Waals surface area contributed by atoms with Crippen LogP contribution in [-0.2, 0) is 25.6 Å². The molecule has 1 aliphatic carbocycles. The van der Waals surface area contributed by atoms with Gasteiger partial charge >= 0.3 is 0 Å². The number of nitriles is 2. The van der Waals surface area contributed by atoms with Gasteiger partial charge in [-0.1, -0.05) is 55.7 Å². The molecule has 3 amide bonds. The lowest BCUT2D eigenvalue weighted by molar-refractivity contribution is -0.139. The summed E-state index contributed by atoms with van der Waals surface area (Å²) in [5, 5.41) is 30.6. The van der Waals surface area contributed by atoms with Crippen LogP contribution in [0.2, 0.25) is 0 Å². The van der Waals surface area contributed by atoms with E-state index in [2.05, 4.69) is 32.7 Å². The van der Waals surface area contributed by atoms with E-state index in [-0.39, 0.29) is 62.1 Å². The quantitative estimate of drug-likeness (QED) is 0.0376. The van der Waals surface area contributed by atoms with Crippen LogP contribution in [0.5, 0.6) is 5.75 Å². The number of nitrogens with zero attached hydrogens (tertiary/aromatic N) is 5. The van der Waals surface area contributed by atoms with Gasteiger partial charge in [-0.25, -0.2) is 4.98 Å². The fourth-order valence-electron chi connectivity index (χ4n) is 9.14. The maximum absolute atomic E-state index is 14.2. The third kappa shape index (κ3) is 12.3. The molecule has 3 aromatic carbocycles. The van der Waals surface area contributed by atoms with Crippen LogP contribution in [0.15, 0.2) is 78.2 Å². The number of ketones is 1. The van der Waals surface area contributed by atoms with Gasteiger partial charge in [0.25, 0.3) is 5.91 Å². The standard InChI is InChI=1S/C53H60N8O7S/c1-34(56-4)50(63)59-48(40-10-6-5-7-11-40)53(65)60-24-9-14-46(60)52-58-45(32-69-52)49(62)42-12-8-13-43(28-42)68-33-67-27-26-66-25-23-57-51(64)41-21-17-38(18-22-41)31-61-35(2)44(30-55)47(36(61)3)39-19-15-37(29-54)16-20-39/h8,12-13,15-22,28,32,34,40,46,48,56H,5-7,9-11,14,23-27,31,33H2,1-4H3,(H,57,64)(H,59,63)/t34-,46-,48-/m0/s1. The minimum atomic E-state index is -0.593. The summed E-state index contributed by atoms with van der Waals surface area (Å²) in [7, 11) is 1.73. The number of carbonyl (C=O) groups is 4. The lowest BCUT2D eigenvalue weighted by Crippen LogP contribution is -2.55. The van der Waals surface area contributed by atoms with Crippen molar-refractivity contribution >= 4 is 34.8 Å². The maximum Gasteiger partial charge on any atom is 0.251 e. The van der Waals surface area contributed by atoms with Crippen molar-refractivity contribution in [2.75, 3.05) is 46.8 Å². The lowest BCUT2D eigenvalue weighted by Gasteiger charge is -2.35. The summed E-state index contributed by atoms with van der Waals surface area (Å²) in [6.07, 6.45) is 6.59. The maximum atomic E-state index is 14.2. The van der Waals surface area contributed by atoms with Crippen LogP contribution in [0, 0.1) is 42.4 Å². The number of nitrogens with one attached hydrogen (secondary N) is 3. The Balaban J connectivity index is 0.817. The molecule has 5 aromatic rings. The molecule has 69 heavy (non-hydrogen) atoms. The Morgan fingerprint density at radius 3 is 2.35 bits per heavy atom. The zero-order valence-electron chi connectivity index (χ0n) is 39.7. The third-order valence-corrected chi connectivity index (χ3v) is 14.1. The fourth-order valence-corrected chi connectivity index (χ4v) is 10.1. The summed E-state index contributed by atoms with van der Waals surface area (Å²) >= 11 is 1.37. The summed E-state index contributed by atoms with van der Waals surface area (Å²) < 4.78 is 19.1. The highest BCUT2D eigenvalue weighted by molar-refractivity contribution is 7.10. The average Bonchev–Trinajstić information content (AvgIpc) is 4.13. The molecule has 2 aliphatic rings. The minimum absolute atomic E-state index is 0.0580. The second kappa shape index (κ2) is 24.0. The number of rotatable bonds is 21. The van der Waals surface area contributed by atoms with Gasteiger partial charge in [0.05, 0.1) is 49.1 Å². The van der Waals surface area contributed by atoms with E-state index >= 15 is 0 Å². The highest BCUT2D eigenvalue weighted by Crippen LogP contribution is 2.37. The van der Waals surface area contributed by atoms with E-state index < -0.39 is 12.1 Å². The molecule has 0 unspecified atom stereocenters. The van der Waals surface area contributed by atoms with E-state index in [0.29, 0.717) is 58.3 Å². The van der Waals surface area contributed by atoms with Crippen LogP contribution in [0.3, 0.4) is 0 Å². The van der Waals surface area contributed by atoms with Crippen molar-refractivity contribution in [2.45, 2.75) is 90.4 Å². The van der Waals surface area contributed by atoms with E-state index in [1.165, 1.54) is 11.3 Å². The second-order valence-corrected chi connectivity index (χ2v) is 18.4. The summed E-state index contributed by atoms with van der Waals surface area (Å²) in [5.41, 5.74) is 6.90. The predicted molar refractivity (Wildman–Crippen MR) is 262 cm³/mol. The number of carbonyl (C=O) groups excluding carboxylic acids is 4. The lowest BCUT2D eigenvalue weighted by atomic mass is 9.83. The van der Waals surface area contributed by atoms with Crippen molar-refractivity contribution in [1.29, 1.82) is 10.5 Å². The first kappa shape index (κ1) is 50.2. The van der Waals surface area contributed by atoms with Gasteiger partial charge in [0, 0.05) is 53.1 Å². The topological polar surface area (TPSA) is 201 Å². The molecule has 16 heteroatoms. The summed E-state index contributed by atoms with van der Waals surface area (Å²) in [4.78, 5) is 60.2. The predicted octanol–water partition coefficient (Wildman–Crippen LogP) is 7.39. The monoisotopic (exact) mass is 952 g/mol. The molecule has 360 valence electrons. The number of amides is 3. The Morgan fingerprint density at radius 2 is 1.62 bits per heavy atom. The molecule has 7 rings (SSSR count). The molecule has 1 saturated carbocycles. The number of hydrogen-bond donors (Lipinski definition) is 3. The fraction of sp³-hybridized carbons (Fsp3) is 0.415. The Labute approximate surface area is 407 Å². The van der Waals surface area contributed by atoms with Gasteiger partial charge in [-0.3, -0.25) is 19.2 Å². The van der Waals surface area contributed by atoms with Crippen molar-refractivity contribution in [2.24, 2.45) is 5.92 Å². The van der Waals surface area contributed by atoms with E-state index in [1.807, 2.05) is 43.0 Å². The van der Waals surface area contributed by atoms with Gasteiger partial charge in [-0.15, -0.1) is 11.3 Å². The molecule has 1 aliphatic heterocycles. The number of likely N-dealkylation sites (tertiary alicyclic amines) is 1.